The molecule has 0 atom stereocenters. The Morgan fingerprint density at radius 1 is 1.05 bits per heavy atom. The summed E-state index contributed by atoms with van der Waals surface area (Å²) >= 11 is 0. The van der Waals surface area contributed by atoms with Crippen LogP contribution in [-0.4, -0.2) is 20.6 Å². The molecule has 2 rings (SSSR count). The van der Waals surface area contributed by atoms with E-state index in [9.17, 15) is 4.39 Å². The molecule has 0 saturated carbocycles. The predicted octanol–water partition coefficient (Wildman–Crippen LogP) is 3.22. The Labute approximate surface area is 120 Å². The van der Waals surface area contributed by atoms with Crippen molar-refractivity contribution in [2.45, 2.75) is 13.0 Å². The number of halogens is 1. The second-order valence-electron chi connectivity index (χ2n) is 4.92. The van der Waals surface area contributed by atoms with Gasteiger partial charge in [-0.2, -0.15) is 0 Å². The maximum absolute atomic E-state index is 13.9. The summed E-state index contributed by atoms with van der Waals surface area (Å²) in [5.74, 6) is -0.150. The molecule has 0 aliphatic heterocycles. The van der Waals surface area contributed by atoms with Crippen molar-refractivity contribution in [3.05, 3.63) is 65.5 Å². The number of nitrogens with one attached hydrogen (secondary N) is 1. The van der Waals surface area contributed by atoms with Gasteiger partial charge in [-0.1, -0.05) is 36.4 Å². The summed E-state index contributed by atoms with van der Waals surface area (Å²) in [7, 11) is 3.84. The van der Waals surface area contributed by atoms with E-state index in [1.807, 2.05) is 38.4 Å². The number of hydrogen-bond acceptors (Lipinski definition) is 2. The molecule has 1 N–H and O–H groups in total. The summed E-state index contributed by atoms with van der Waals surface area (Å²) in [6.45, 7) is 1.40. The molecule has 0 aliphatic rings. The third-order valence-corrected chi connectivity index (χ3v) is 3.44. The number of nitrogens with zero attached hydrogens (tertiary/aromatic N) is 1. The third-order valence-electron chi connectivity index (χ3n) is 3.44. The lowest BCUT2D eigenvalue weighted by Crippen LogP contribution is -2.23. The molecular weight excluding hydrogens is 251 g/mol. The molecule has 106 valence electrons. The number of rotatable bonds is 6. The van der Waals surface area contributed by atoms with Gasteiger partial charge in [0.15, 0.2) is 0 Å². The van der Waals surface area contributed by atoms with E-state index in [1.54, 1.807) is 6.07 Å². The van der Waals surface area contributed by atoms with Crippen molar-refractivity contribution in [1.82, 2.24) is 5.32 Å². The van der Waals surface area contributed by atoms with E-state index in [2.05, 4.69) is 22.3 Å². The summed E-state index contributed by atoms with van der Waals surface area (Å²) in [5, 5.41) is 3.03. The second-order valence-corrected chi connectivity index (χ2v) is 4.92. The number of benzene rings is 2. The highest BCUT2D eigenvalue weighted by Crippen LogP contribution is 2.22. The van der Waals surface area contributed by atoms with E-state index in [-0.39, 0.29) is 5.82 Å². The van der Waals surface area contributed by atoms with Gasteiger partial charge in [-0.25, -0.2) is 4.39 Å². The molecule has 2 nitrogen and oxygen atoms in total. The van der Waals surface area contributed by atoms with E-state index in [0.717, 1.165) is 24.2 Å². The average molecular weight is 272 g/mol. The Balaban J connectivity index is 2.09. The Hall–Kier alpha value is -1.87. The summed E-state index contributed by atoms with van der Waals surface area (Å²) in [6.07, 6.45) is 0.951. The highest BCUT2D eigenvalue weighted by molar-refractivity contribution is 5.53. The zero-order valence-electron chi connectivity index (χ0n) is 12.1. The molecule has 20 heavy (non-hydrogen) atoms. The molecule has 0 aromatic heterocycles. The molecule has 0 bridgehead atoms. The van der Waals surface area contributed by atoms with Crippen LogP contribution in [0.15, 0.2) is 48.5 Å². The average Bonchev–Trinajstić information content (AvgIpc) is 2.48. The molecule has 0 fully saturated rings. The fourth-order valence-electron chi connectivity index (χ4n) is 2.32. The molecule has 0 saturated heterocycles. The van der Waals surface area contributed by atoms with Gasteiger partial charge in [-0.05, 0) is 31.2 Å². The standard InChI is InChI=1S/C17H21FN2/c1-19-13-15-16(18)9-6-10-17(15)20(2)12-11-14-7-4-3-5-8-14/h3-10,19H,11-13H2,1-2H3. The van der Waals surface area contributed by atoms with Crippen LogP contribution in [-0.2, 0) is 13.0 Å². The van der Waals surface area contributed by atoms with Crippen LogP contribution < -0.4 is 10.2 Å². The molecule has 0 heterocycles. The van der Waals surface area contributed by atoms with Gasteiger partial charge in [0.05, 0.1) is 0 Å². The van der Waals surface area contributed by atoms with Crippen molar-refractivity contribution < 1.29 is 4.39 Å². The summed E-state index contributed by atoms with van der Waals surface area (Å²) in [6, 6.07) is 15.6. The van der Waals surface area contributed by atoms with Crippen LogP contribution >= 0.6 is 0 Å². The van der Waals surface area contributed by atoms with Gasteiger partial charge >= 0.3 is 0 Å². The van der Waals surface area contributed by atoms with E-state index < -0.39 is 0 Å². The van der Waals surface area contributed by atoms with Crippen LogP contribution in [0.3, 0.4) is 0 Å². The van der Waals surface area contributed by atoms with E-state index in [4.69, 9.17) is 0 Å². The van der Waals surface area contributed by atoms with Crippen LogP contribution in [0.5, 0.6) is 0 Å². The fourth-order valence-corrected chi connectivity index (χ4v) is 2.32. The lowest BCUT2D eigenvalue weighted by molar-refractivity contribution is 0.600. The van der Waals surface area contributed by atoms with Crippen molar-refractivity contribution in [3.8, 4) is 0 Å². The zero-order chi connectivity index (χ0) is 14.4. The maximum atomic E-state index is 13.9. The molecular formula is C17H21FN2. The molecule has 0 unspecified atom stereocenters. The first-order valence-corrected chi connectivity index (χ1v) is 6.89. The second kappa shape index (κ2) is 7.06. The Morgan fingerprint density at radius 2 is 1.80 bits per heavy atom. The van der Waals surface area contributed by atoms with Crippen molar-refractivity contribution >= 4 is 5.69 Å². The minimum Gasteiger partial charge on any atom is -0.374 e. The first-order valence-electron chi connectivity index (χ1n) is 6.89. The highest BCUT2D eigenvalue weighted by atomic mass is 19.1. The molecule has 3 heteroatoms. The minimum atomic E-state index is -0.150. The SMILES string of the molecule is CNCc1c(F)cccc1N(C)CCc1ccccc1. The number of hydrogen-bond donors (Lipinski definition) is 1. The van der Waals surface area contributed by atoms with Crippen molar-refractivity contribution in [2.75, 3.05) is 25.5 Å². The van der Waals surface area contributed by atoms with Crippen LogP contribution in [0.4, 0.5) is 10.1 Å². The van der Waals surface area contributed by atoms with Crippen LogP contribution in [0.1, 0.15) is 11.1 Å². The van der Waals surface area contributed by atoms with E-state index in [1.165, 1.54) is 11.6 Å². The zero-order valence-corrected chi connectivity index (χ0v) is 12.1. The summed E-state index contributed by atoms with van der Waals surface area (Å²) in [5.41, 5.74) is 2.98. The first kappa shape index (κ1) is 14.5. The predicted molar refractivity (Wildman–Crippen MR) is 82.6 cm³/mol. The topological polar surface area (TPSA) is 15.3 Å². The Kier molecular flexibility index (Phi) is 5.13. The maximum Gasteiger partial charge on any atom is 0.129 e. The van der Waals surface area contributed by atoms with Gasteiger partial charge in [-0.3, -0.25) is 0 Å². The molecule has 0 aliphatic carbocycles. The molecule has 0 amide bonds. The lowest BCUT2D eigenvalue weighted by atomic mass is 10.1. The first-order chi connectivity index (χ1) is 9.72. The molecule has 0 radical (unpaired) electrons. The quantitative estimate of drug-likeness (QED) is 0.868. The van der Waals surface area contributed by atoms with Gasteiger partial charge in [-0.15, -0.1) is 0 Å². The van der Waals surface area contributed by atoms with Gasteiger partial charge in [0.1, 0.15) is 5.82 Å². The van der Waals surface area contributed by atoms with Gasteiger partial charge in [0, 0.05) is 31.4 Å². The largest absolute Gasteiger partial charge is 0.374 e. The summed E-state index contributed by atoms with van der Waals surface area (Å²) in [4.78, 5) is 2.11. The van der Waals surface area contributed by atoms with Crippen molar-refractivity contribution in [3.63, 3.8) is 0 Å². The smallest absolute Gasteiger partial charge is 0.129 e. The fraction of sp³-hybridized carbons (Fsp3) is 0.294. The van der Waals surface area contributed by atoms with Crippen LogP contribution in [0.2, 0.25) is 0 Å². The number of likely N-dealkylation sites (N-methyl/N-ethyl adjacent to an activating group) is 1. The van der Waals surface area contributed by atoms with E-state index >= 15 is 0 Å². The minimum absolute atomic E-state index is 0.150. The molecule has 0 spiro atoms. The Bertz CT molecular complexity index is 540. The third kappa shape index (κ3) is 3.58. The normalized spacial score (nSPS) is 10.6. The Morgan fingerprint density at radius 3 is 2.50 bits per heavy atom. The summed E-state index contributed by atoms with van der Waals surface area (Å²) < 4.78 is 13.9. The van der Waals surface area contributed by atoms with E-state index in [0.29, 0.717) is 6.54 Å². The van der Waals surface area contributed by atoms with Crippen molar-refractivity contribution in [1.29, 1.82) is 0 Å². The van der Waals surface area contributed by atoms with Gasteiger partial charge < -0.3 is 10.2 Å². The van der Waals surface area contributed by atoms with Gasteiger partial charge in [0.25, 0.3) is 0 Å². The van der Waals surface area contributed by atoms with Crippen molar-refractivity contribution in [2.24, 2.45) is 0 Å². The molecule has 2 aromatic carbocycles. The highest BCUT2D eigenvalue weighted by Gasteiger charge is 2.11. The number of anilines is 1. The van der Waals surface area contributed by atoms with Crippen LogP contribution in [0, 0.1) is 5.82 Å². The lowest BCUT2D eigenvalue weighted by Gasteiger charge is -2.23. The monoisotopic (exact) mass is 272 g/mol. The van der Waals surface area contributed by atoms with Gasteiger partial charge in [0.2, 0.25) is 0 Å². The molecule has 2 aromatic rings. The van der Waals surface area contributed by atoms with Crippen LogP contribution in [0.25, 0.3) is 0 Å².